The molecule has 1 rings (SSSR count). The van der Waals surface area contributed by atoms with E-state index in [2.05, 4.69) is 5.32 Å². The number of nitrogen functional groups attached to an aromatic ring is 1. The first-order valence-corrected chi connectivity index (χ1v) is 6.73. The topological polar surface area (TPSA) is 128 Å². The Morgan fingerprint density at radius 3 is 2.72 bits per heavy atom. The Kier molecular flexibility index (Phi) is 4.91. The van der Waals surface area contributed by atoms with Gasteiger partial charge in [-0.1, -0.05) is 6.07 Å². The molecule has 18 heavy (non-hydrogen) atoms. The van der Waals surface area contributed by atoms with Crippen molar-refractivity contribution >= 4 is 21.4 Å². The van der Waals surface area contributed by atoms with Crippen LogP contribution >= 0.6 is 0 Å². The normalized spacial score (nSPS) is 13.3. The van der Waals surface area contributed by atoms with Crippen LogP contribution < -0.4 is 16.2 Å². The zero-order valence-electron chi connectivity index (χ0n) is 9.96. The Labute approximate surface area is 106 Å². The van der Waals surface area contributed by atoms with Gasteiger partial charge in [0.05, 0.1) is 24.1 Å². The van der Waals surface area contributed by atoms with Crippen LogP contribution in [0.2, 0.25) is 0 Å². The van der Waals surface area contributed by atoms with Gasteiger partial charge in [0.15, 0.2) is 0 Å². The molecule has 0 radical (unpaired) electrons. The molecule has 1 unspecified atom stereocenters. The second-order valence-corrected chi connectivity index (χ2v) is 5.28. The van der Waals surface area contributed by atoms with Gasteiger partial charge in [-0.2, -0.15) is 0 Å². The number of aliphatic hydroxyl groups excluding tert-OH is 1. The lowest BCUT2D eigenvalue weighted by atomic mass is 10.2. The van der Waals surface area contributed by atoms with Crippen LogP contribution in [0.5, 0.6) is 0 Å². The lowest BCUT2D eigenvalue weighted by Crippen LogP contribution is -2.25. The Morgan fingerprint density at radius 1 is 1.50 bits per heavy atom. The zero-order chi connectivity index (χ0) is 13.8. The summed E-state index contributed by atoms with van der Waals surface area (Å²) in [5.41, 5.74) is 6.13. The van der Waals surface area contributed by atoms with Crippen molar-refractivity contribution in [1.29, 1.82) is 0 Å². The third kappa shape index (κ3) is 3.84. The number of nitrogens with two attached hydrogens (primary N) is 2. The highest BCUT2D eigenvalue weighted by Gasteiger charge is 2.15. The van der Waals surface area contributed by atoms with E-state index in [1.165, 1.54) is 19.2 Å². The summed E-state index contributed by atoms with van der Waals surface area (Å²) < 4.78 is 27.3. The number of ether oxygens (including phenoxy) is 1. The molecule has 1 aromatic carbocycles. The largest absolute Gasteiger partial charge is 0.396 e. The van der Waals surface area contributed by atoms with Crippen molar-refractivity contribution < 1.29 is 18.3 Å². The SMILES string of the molecule is COCC(O)CNc1cccc(S(N)(=O)=O)c1N. The molecule has 0 aliphatic carbocycles. The number of anilines is 2. The van der Waals surface area contributed by atoms with Crippen LogP contribution in [0.3, 0.4) is 0 Å². The minimum Gasteiger partial charge on any atom is -0.396 e. The molecule has 1 aromatic rings. The number of sulfonamides is 1. The summed E-state index contributed by atoms with van der Waals surface area (Å²) in [5, 5.41) is 17.3. The lowest BCUT2D eigenvalue weighted by Gasteiger charge is -2.14. The van der Waals surface area contributed by atoms with Gasteiger partial charge in [0.2, 0.25) is 10.0 Å². The van der Waals surface area contributed by atoms with E-state index in [1.807, 2.05) is 0 Å². The van der Waals surface area contributed by atoms with E-state index in [4.69, 9.17) is 15.6 Å². The summed E-state index contributed by atoms with van der Waals surface area (Å²) >= 11 is 0. The first-order valence-electron chi connectivity index (χ1n) is 5.18. The number of hydrogen-bond acceptors (Lipinski definition) is 6. The number of para-hydroxylation sites is 1. The van der Waals surface area contributed by atoms with E-state index in [-0.39, 0.29) is 23.7 Å². The third-order valence-corrected chi connectivity index (χ3v) is 3.23. The molecule has 102 valence electrons. The van der Waals surface area contributed by atoms with Crippen LogP contribution in [0, 0.1) is 0 Å². The highest BCUT2D eigenvalue weighted by Crippen LogP contribution is 2.25. The van der Waals surface area contributed by atoms with Crippen molar-refractivity contribution in [2.24, 2.45) is 5.14 Å². The van der Waals surface area contributed by atoms with Crippen molar-refractivity contribution in [1.82, 2.24) is 0 Å². The number of benzene rings is 1. The maximum Gasteiger partial charge on any atom is 0.240 e. The Balaban J connectivity index is 2.85. The van der Waals surface area contributed by atoms with Crippen molar-refractivity contribution in [3.05, 3.63) is 18.2 Å². The van der Waals surface area contributed by atoms with Gasteiger partial charge >= 0.3 is 0 Å². The first kappa shape index (κ1) is 14.7. The maximum absolute atomic E-state index is 11.2. The highest BCUT2D eigenvalue weighted by atomic mass is 32.2. The van der Waals surface area contributed by atoms with E-state index in [0.29, 0.717) is 5.69 Å². The van der Waals surface area contributed by atoms with E-state index in [0.717, 1.165) is 0 Å². The molecule has 0 spiro atoms. The van der Waals surface area contributed by atoms with E-state index >= 15 is 0 Å². The number of hydrogen-bond donors (Lipinski definition) is 4. The fourth-order valence-electron chi connectivity index (χ4n) is 1.43. The second-order valence-electron chi connectivity index (χ2n) is 3.75. The quantitative estimate of drug-likeness (QED) is 0.510. The van der Waals surface area contributed by atoms with Crippen LogP contribution in [-0.2, 0) is 14.8 Å². The number of aliphatic hydroxyl groups is 1. The number of methoxy groups -OCH3 is 1. The Bertz CT molecular complexity index is 504. The summed E-state index contributed by atoms with van der Waals surface area (Å²) in [6.07, 6.45) is -0.715. The molecule has 7 nitrogen and oxygen atoms in total. The second kappa shape index (κ2) is 6.01. The van der Waals surface area contributed by atoms with Gasteiger partial charge in [-0.3, -0.25) is 0 Å². The van der Waals surface area contributed by atoms with Gasteiger partial charge in [0, 0.05) is 13.7 Å². The summed E-state index contributed by atoms with van der Waals surface area (Å²) in [6.45, 7) is 0.355. The molecule has 6 N–H and O–H groups in total. The third-order valence-electron chi connectivity index (χ3n) is 2.26. The van der Waals surface area contributed by atoms with E-state index in [9.17, 15) is 13.5 Å². The Morgan fingerprint density at radius 2 is 2.17 bits per heavy atom. The Hall–Kier alpha value is -1.35. The molecule has 0 aromatic heterocycles. The molecule has 0 heterocycles. The molecule has 0 fully saturated rings. The molecular weight excluding hydrogens is 258 g/mol. The highest BCUT2D eigenvalue weighted by molar-refractivity contribution is 7.89. The molecule has 8 heteroatoms. The minimum absolute atomic E-state index is 0.0321. The summed E-state index contributed by atoms with van der Waals surface area (Å²) in [5.74, 6) is 0. The molecule has 0 amide bonds. The van der Waals surface area contributed by atoms with Gasteiger partial charge in [-0.25, -0.2) is 13.6 Å². The van der Waals surface area contributed by atoms with Crippen molar-refractivity contribution in [3.63, 3.8) is 0 Å². The van der Waals surface area contributed by atoms with Gasteiger partial charge in [0.1, 0.15) is 4.90 Å². The zero-order valence-corrected chi connectivity index (χ0v) is 10.8. The van der Waals surface area contributed by atoms with Gasteiger partial charge in [-0.05, 0) is 12.1 Å². The summed E-state index contributed by atoms with van der Waals surface area (Å²) in [6, 6.07) is 4.44. The molecule has 0 bridgehead atoms. The standard InChI is InChI=1S/C10H17N3O4S/c1-17-6-7(14)5-13-8-3-2-4-9(10(8)11)18(12,15)16/h2-4,7,13-14H,5-6,11H2,1H3,(H2,12,15,16). The predicted molar refractivity (Wildman–Crippen MR) is 68.6 cm³/mol. The van der Waals surface area contributed by atoms with Crippen LogP contribution in [0.1, 0.15) is 0 Å². The van der Waals surface area contributed by atoms with Crippen LogP contribution in [0.4, 0.5) is 11.4 Å². The average molecular weight is 275 g/mol. The fraction of sp³-hybridized carbons (Fsp3) is 0.400. The number of nitrogens with one attached hydrogen (secondary N) is 1. The van der Waals surface area contributed by atoms with Crippen LogP contribution in [0.25, 0.3) is 0 Å². The average Bonchev–Trinajstić information content (AvgIpc) is 2.26. The molecule has 0 aliphatic rings. The molecule has 0 saturated carbocycles. The van der Waals surface area contributed by atoms with Gasteiger partial charge < -0.3 is 20.9 Å². The minimum atomic E-state index is -3.86. The van der Waals surface area contributed by atoms with Crippen molar-refractivity contribution in [2.45, 2.75) is 11.0 Å². The molecule has 0 saturated heterocycles. The predicted octanol–water partition coefficient (Wildman–Crippen LogP) is -0.665. The maximum atomic E-state index is 11.2. The molecule has 0 aliphatic heterocycles. The van der Waals surface area contributed by atoms with Crippen LogP contribution in [-0.4, -0.2) is 39.9 Å². The summed E-state index contributed by atoms with van der Waals surface area (Å²) in [7, 11) is -2.39. The first-order chi connectivity index (χ1) is 8.36. The molecular formula is C10H17N3O4S. The summed E-state index contributed by atoms with van der Waals surface area (Å²) in [4.78, 5) is -0.145. The fourth-order valence-corrected chi connectivity index (χ4v) is 2.11. The number of primary sulfonamides is 1. The van der Waals surface area contributed by atoms with Crippen LogP contribution in [0.15, 0.2) is 23.1 Å². The molecule has 1 atom stereocenters. The monoisotopic (exact) mass is 275 g/mol. The van der Waals surface area contributed by atoms with E-state index < -0.39 is 16.1 Å². The van der Waals surface area contributed by atoms with Gasteiger partial charge in [-0.15, -0.1) is 0 Å². The van der Waals surface area contributed by atoms with E-state index in [1.54, 1.807) is 6.07 Å². The van der Waals surface area contributed by atoms with Crippen molar-refractivity contribution in [3.8, 4) is 0 Å². The van der Waals surface area contributed by atoms with Crippen molar-refractivity contribution in [2.75, 3.05) is 31.3 Å². The smallest absolute Gasteiger partial charge is 0.240 e. The van der Waals surface area contributed by atoms with Gasteiger partial charge in [0.25, 0.3) is 0 Å². The lowest BCUT2D eigenvalue weighted by molar-refractivity contribution is 0.0728. The number of rotatable bonds is 6.